The summed E-state index contributed by atoms with van der Waals surface area (Å²) in [5.41, 5.74) is -3.08. The zero-order valence-corrected chi connectivity index (χ0v) is 17.8. The van der Waals surface area contributed by atoms with Crippen LogP contribution in [0.5, 0.6) is 0 Å². The Morgan fingerprint density at radius 2 is 1.64 bits per heavy atom. The van der Waals surface area contributed by atoms with Crippen molar-refractivity contribution in [2.24, 2.45) is 5.92 Å². The van der Waals surface area contributed by atoms with Gasteiger partial charge in [-0.2, -0.15) is 26.3 Å². The molecule has 0 spiro atoms. The molecule has 1 aliphatic carbocycles. The van der Waals surface area contributed by atoms with Gasteiger partial charge in [-0.25, -0.2) is 12.8 Å². The fraction of sp³-hybridized carbons (Fsp3) is 0.381. The average molecular weight is 497 g/mol. The van der Waals surface area contributed by atoms with Crippen LogP contribution in [0.4, 0.5) is 30.7 Å². The predicted octanol–water partition coefficient (Wildman–Crippen LogP) is 5.23. The van der Waals surface area contributed by atoms with E-state index in [0.29, 0.717) is 18.2 Å². The van der Waals surface area contributed by atoms with Gasteiger partial charge in [-0.05, 0) is 62.1 Å². The third-order valence-electron chi connectivity index (χ3n) is 5.69. The van der Waals surface area contributed by atoms with Crippen molar-refractivity contribution in [3.8, 4) is 0 Å². The van der Waals surface area contributed by atoms with Crippen molar-refractivity contribution in [3.05, 3.63) is 65.0 Å². The standard InChI is InChI=1S/C21H18F7NO3S/c1-11(33(31,32)16-4-2-3-14(10-16)20(23,24)25)13-7-15(8-13)29-19(30)12-5-6-18(22)17(9-12)21(26,27)28/h2-6,9-11,13,15H,7-8H2,1H3,(H,29,30)/t11-,13?,15?/m1/s1. The molecule has 1 aliphatic rings. The molecule has 3 rings (SSSR count). The van der Waals surface area contributed by atoms with Crippen LogP contribution in [-0.2, 0) is 22.2 Å². The molecular weight excluding hydrogens is 479 g/mol. The molecular formula is C21H18F7NO3S. The number of halogens is 7. The van der Waals surface area contributed by atoms with Crippen molar-refractivity contribution in [1.82, 2.24) is 5.32 Å². The molecule has 1 amide bonds. The molecule has 4 nitrogen and oxygen atoms in total. The molecule has 180 valence electrons. The van der Waals surface area contributed by atoms with E-state index in [2.05, 4.69) is 5.32 Å². The second kappa shape index (κ2) is 8.62. The van der Waals surface area contributed by atoms with Gasteiger partial charge in [0.2, 0.25) is 0 Å². The van der Waals surface area contributed by atoms with Gasteiger partial charge in [0.15, 0.2) is 9.84 Å². The summed E-state index contributed by atoms with van der Waals surface area (Å²) in [6, 6.07) is 4.69. The van der Waals surface area contributed by atoms with Crippen molar-refractivity contribution in [2.45, 2.75) is 48.3 Å². The van der Waals surface area contributed by atoms with E-state index in [0.717, 1.165) is 24.3 Å². The Bertz CT molecular complexity index is 1150. The number of sulfone groups is 1. The molecule has 12 heteroatoms. The first-order valence-electron chi connectivity index (χ1n) is 9.69. The molecule has 2 aromatic rings. The second-order valence-corrected chi connectivity index (χ2v) is 10.2. The van der Waals surface area contributed by atoms with Crippen LogP contribution in [0.2, 0.25) is 0 Å². The maximum atomic E-state index is 13.4. The summed E-state index contributed by atoms with van der Waals surface area (Å²) in [7, 11) is -4.09. The monoisotopic (exact) mass is 497 g/mol. The lowest BCUT2D eigenvalue weighted by Gasteiger charge is -2.39. The molecule has 0 unspecified atom stereocenters. The first-order chi connectivity index (χ1) is 15.1. The normalized spacial score (nSPS) is 20.1. The largest absolute Gasteiger partial charge is 0.419 e. The molecule has 2 aromatic carbocycles. The maximum Gasteiger partial charge on any atom is 0.419 e. The lowest BCUT2D eigenvalue weighted by molar-refractivity contribution is -0.140. The van der Waals surface area contributed by atoms with Crippen LogP contribution in [0.15, 0.2) is 47.4 Å². The summed E-state index contributed by atoms with van der Waals surface area (Å²) in [5, 5.41) is 1.42. The highest BCUT2D eigenvalue weighted by Crippen LogP contribution is 2.38. The van der Waals surface area contributed by atoms with Gasteiger partial charge >= 0.3 is 12.4 Å². The quantitative estimate of drug-likeness (QED) is 0.576. The van der Waals surface area contributed by atoms with Crippen LogP contribution in [0, 0.1) is 11.7 Å². The molecule has 0 radical (unpaired) electrons. The first kappa shape index (κ1) is 25.0. The van der Waals surface area contributed by atoms with Crippen molar-refractivity contribution in [3.63, 3.8) is 0 Å². The third-order valence-corrected chi connectivity index (χ3v) is 7.96. The summed E-state index contributed by atoms with van der Waals surface area (Å²) < 4.78 is 116. The molecule has 1 saturated carbocycles. The molecule has 0 saturated heterocycles. The van der Waals surface area contributed by atoms with Gasteiger partial charge in [-0.15, -0.1) is 0 Å². The number of carbonyl (C=O) groups is 1. The van der Waals surface area contributed by atoms with E-state index < -0.39 is 72.7 Å². The highest BCUT2D eigenvalue weighted by Gasteiger charge is 2.41. The van der Waals surface area contributed by atoms with Crippen molar-refractivity contribution in [1.29, 1.82) is 0 Å². The van der Waals surface area contributed by atoms with Crippen molar-refractivity contribution in [2.75, 3.05) is 0 Å². The van der Waals surface area contributed by atoms with E-state index >= 15 is 0 Å². The maximum absolute atomic E-state index is 13.4. The van der Waals surface area contributed by atoms with Crippen LogP contribution in [0.1, 0.15) is 41.3 Å². The van der Waals surface area contributed by atoms with Gasteiger partial charge in [0.1, 0.15) is 5.82 Å². The van der Waals surface area contributed by atoms with Crippen LogP contribution in [0.3, 0.4) is 0 Å². The number of rotatable bonds is 5. The minimum atomic E-state index is -4.98. The van der Waals surface area contributed by atoms with Gasteiger partial charge in [-0.1, -0.05) is 6.07 Å². The molecule has 0 heterocycles. The Labute approximate surface area is 184 Å². The number of nitrogens with one attached hydrogen (secondary N) is 1. The molecule has 0 aromatic heterocycles. The second-order valence-electron chi connectivity index (χ2n) is 7.87. The van der Waals surface area contributed by atoms with E-state index in [1.165, 1.54) is 6.92 Å². The Kier molecular flexibility index (Phi) is 6.53. The van der Waals surface area contributed by atoms with Crippen molar-refractivity contribution >= 4 is 15.7 Å². The van der Waals surface area contributed by atoms with Gasteiger partial charge < -0.3 is 5.32 Å². The zero-order chi connectivity index (χ0) is 24.8. The fourth-order valence-corrected chi connectivity index (χ4v) is 5.35. The molecule has 33 heavy (non-hydrogen) atoms. The Hall–Kier alpha value is -2.63. The Morgan fingerprint density at radius 3 is 2.21 bits per heavy atom. The summed E-state index contributed by atoms with van der Waals surface area (Å²) >= 11 is 0. The number of alkyl halides is 6. The number of hydrogen-bond acceptors (Lipinski definition) is 3. The third kappa shape index (κ3) is 5.31. The van der Waals surface area contributed by atoms with Gasteiger partial charge in [0.25, 0.3) is 5.91 Å². The van der Waals surface area contributed by atoms with Gasteiger partial charge in [-0.3, -0.25) is 4.79 Å². The summed E-state index contributed by atoms with van der Waals surface area (Å²) in [5.74, 6) is -2.87. The molecule has 1 atom stereocenters. The summed E-state index contributed by atoms with van der Waals surface area (Å²) in [6.45, 7) is 1.36. The summed E-state index contributed by atoms with van der Waals surface area (Å²) in [4.78, 5) is 11.8. The summed E-state index contributed by atoms with van der Waals surface area (Å²) in [6.07, 6.45) is -9.35. The van der Waals surface area contributed by atoms with E-state index in [-0.39, 0.29) is 12.8 Å². The van der Waals surface area contributed by atoms with Crippen LogP contribution >= 0.6 is 0 Å². The minimum absolute atomic E-state index is 0.165. The topological polar surface area (TPSA) is 63.2 Å². The van der Waals surface area contributed by atoms with Gasteiger partial charge in [0.05, 0.1) is 21.3 Å². The Balaban J connectivity index is 1.65. The van der Waals surface area contributed by atoms with Crippen LogP contribution < -0.4 is 5.32 Å². The van der Waals surface area contributed by atoms with E-state index in [1.807, 2.05) is 0 Å². The average Bonchev–Trinajstić information content (AvgIpc) is 2.68. The predicted molar refractivity (Wildman–Crippen MR) is 103 cm³/mol. The SMILES string of the molecule is C[C@H](C1CC(NC(=O)c2ccc(F)c(C(F)(F)F)c2)C1)S(=O)(=O)c1cccc(C(F)(F)F)c1. The lowest BCUT2D eigenvalue weighted by atomic mass is 9.78. The highest BCUT2D eigenvalue weighted by atomic mass is 32.2. The highest BCUT2D eigenvalue weighted by molar-refractivity contribution is 7.92. The van der Waals surface area contributed by atoms with E-state index in [1.54, 1.807) is 0 Å². The first-order valence-corrected chi connectivity index (χ1v) is 11.2. The molecule has 0 bridgehead atoms. The van der Waals surface area contributed by atoms with E-state index in [4.69, 9.17) is 0 Å². The zero-order valence-electron chi connectivity index (χ0n) is 17.0. The van der Waals surface area contributed by atoms with Gasteiger partial charge in [0, 0.05) is 11.6 Å². The Morgan fingerprint density at radius 1 is 1.00 bits per heavy atom. The smallest absolute Gasteiger partial charge is 0.349 e. The number of amides is 1. The minimum Gasteiger partial charge on any atom is -0.349 e. The van der Waals surface area contributed by atoms with E-state index in [9.17, 15) is 43.9 Å². The van der Waals surface area contributed by atoms with Crippen LogP contribution in [0.25, 0.3) is 0 Å². The van der Waals surface area contributed by atoms with Crippen LogP contribution in [-0.4, -0.2) is 25.6 Å². The fourth-order valence-electron chi connectivity index (χ4n) is 3.63. The number of hydrogen-bond donors (Lipinski definition) is 1. The molecule has 1 N–H and O–H groups in total. The number of benzene rings is 2. The number of carbonyl (C=O) groups excluding carboxylic acids is 1. The lowest BCUT2D eigenvalue weighted by Crippen LogP contribution is -2.48. The van der Waals surface area contributed by atoms with Crippen molar-refractivity contribution < 1.29 is 43.9 Å². The molecule has 1 fully saturated rings. The molecule has 0 aliphatic heterocycles.